The molecule has 0 amide bonds. The molecule has 6 nitrogen and oxygen atoms in total. The minimum Gasteiger partial charge on any atom is -0.255 e. The summed E-state index contributed by atoms with van der Waals surface area (Å²) in [5.74, 6) is 1.08. The second-order valence-corrected chi connectivity index (χ2v) is 3.12. The first kappa shape index (κ1) is 9.14. The second kappa shape index (κ2) is 3.75. The molecule has 2 rings (SSSR count). The van der Waals surface area contributed by atoms with Crippen LogP contribution in [0.2, 0.25) is 0 Å². The Kier molecular flexibility index (Phi) is 2.45. The topological polar surface area (TPSA) is 61.4 Å². The van der Waals surface area contributed by atoms with Gasteiger partial charge in [-0.05, 0) is 0 Å². The van der Waals surface area contributed by atoms with Gasteiger partial charge < -0.3 is 0 Å². The van der Waals surface area contributed by atoms with Crippen LogP contribution in [0.1, 0.15) is 11.5 Å². The average molecular weight is 213 g/mol. The van der Waals surface area contributed by atoms with E-state index in [4.69, 9.17) is 11.6 Å². The minimum absolute atomic E-state index is 0.347. The molecular weight excluding hydrogens is 204 g/mol. The van der Waals surface area contributed by atoms with E-state index in [-0.39, 0.29) is 0 Å². The van der Waals surface area contributed by atoms with Crippen molar-refractivity contribution in [2.75, 3.05) is 0 Å². The van der Waals surface area contributed by atoms with Crippen LogP contribution in [0.25, 0.3) is 0 Å². The first-order valence-corrected chi connectivity index (χ1v) is 4.61. The van der Waals surface area contributed by atoms with E-state index >= 15 is 0 Å². The lowest BCUT2D eigenvalue weighted by atomic mass is 10.5. The Hall–Kier alpha value is -1.43. The van der Waals surface area contributed by atoms with Crippen molar-refractivity contribution >= 4 is 11.6 Å². The molecule has 0 saturated heterocycles. The molecule has 0 bridgehead atoms. The largest absolute Gasteiger partial charge is 0.255 e. The molecule has 0 saturated carbocycles. The number of aryl methyl sites for hydroxylation is 1. The Morgan fingerprint density at radius 2 is 2.36 bits per heavy atom. The van der Waals surface area contributed by atoms with Crippen molar-refractivity contribution in [3.63, 3.8) is 0 Å². The molecule has 0 spiro atoms. The van der Waals surface area contributed by atoms with E-state index in [2.05, 4.69) is 20.4 Å². The highest BCUT2D eigenvalue weighted by Crippen LogP contribution is 2.02. The van der Waals surface area contributed by atoms with Gasteiger partial charge >= 0.3 is 0 Å². The van der Waals surface area contributed by atoms with Crippen molar-refractivity contribution in [2.45, 2.75) is 12.4 Å². The summed E-state index contributed by atoms with van der Waals surface area (Å²) < 4.78 is 3.35. The third-order valence-corrected chi connectivity index (χ3v) is 2.02. The van der Waals surface area contributed by atoms with Gasteiger partial charge in [0.05, 0.1) is 12.4 Å². The zero-order valence-corrected chi connectivity index (χ0v) is 8.39. The van der Waals surface area contributed by atoms with Crippen LogP contribution in [0.5, 0.6) is 0 Å². The third kappa shape index (κ3) is 1.74. The molecule has 14 heavy (non-hydrogen) atoms. The Labute approximate surface area is 85.5 Å². The van der Waals surface area contributed by atoms with Crippen LogP contribution in [-0.4, -0.2) is 29.8 Å². The standard InChI is InChI=1S/C7H9ClN6/c1-13-3-6(11-12-13)4-14-7(2-8)9-5-10-14/h3,5H,2,4H2,1H3. The molecule has 2 aromatic rings. The normalized spacial score (nSPS) is 10.7. The maximum Gasteiger partial charge on any atom is 0.142 e. The first-order valence-electron chi connectivity index (χ1n) is 4.07. The van der Waals surface area contributed by atoms with Crippen LogP contribution in [0.3, 0.4) is 0 Å². The van der Waals surface area contributed by atoms with Gasteiger partial charge in [-0.2, -0.15) is 5.10 Å². The summed E-state index contributed by atoms with van der Waals surface area (Å²) in [7, 11) is 1.82. The zero-order chi connectivity index (χ0) is 9.97. The third-order valence-electron chi connectivity index (χ3n) is 1.78. The van der Waals surface area contributed by atoms with Gasteiger partial charge in [-0.15, -0.1) is 16.7 Å². The fourth-order valence-corrected chi connectivity index (χ4v) is 1.35. The van der Waals surface area contributed by atoms with Gasteiger partial charge in [-0.1, -0.05) is 5.21 Å². The number of hydrogen-bond acceptors (Lipinski definition) is 4. The van der Waals surface area contributed by atoms with Crippen LogP contribution in [0.15, 0.2) is 12.5 Å². The van der Waals surface area contributed by atoms with Crippen LogP contribution in [0, 0.1) is 0 Å². The first-order chi connectivity index (χ1) is 6.79. The summed E-state index contributed by atoms with van der Waals surface area (Å²) in [6.45, 7) is 0.551. The Bertz CT molecular complexity index is 419. The molecule has 0 aliphatic carbocycles. The smallest absolute Gasteiger partial charge is 0.142 e. The Balaban J connectivity index is 2.18. The summed E-state index contributed by atoms with van der Waals surface area (Å²) in [6, 6.07) is 0. The van der Waals surface area contributed by atoms with E-state index in [0.29, 0.717) is 12.4 Å². The van der Waals surface area contributed by atoms with Gasteiger partial charge in [0.1, 0.15) is 17.8 Å². The van der Waals surface area contributed by atoms with E-state index in [9.17, 15) is 0 Å². The molecule has 2 heterocycles. The van der Waals surface area contributed by atoms with E-state index in [1.807, 2.05) is 13.2 Å². The minimum atomic E-state index is 0.347. The zero-order valence-electron chi connectivity index (χ0n) is 7.63. The Morgan fingerprint density at radius 3 is 3.00 bits per heavy atom. The maximum atomic E-state index is 5.68. The predicted octanol–water partition coefficient (Wildman–Crippen LogP) is 0.194. The molecule has 0 radical (unpaired) electrons. The van der Waals surface area contributed by atoms with Crippen molar-refractivity contribution in [2.24, 2.45) is 7.05 Å². The van der Waals surface area contributed by atoms with Crippen LogP contribution in [-0.2, 0) is 19.5 Å². The lowest BCUT2D eigenvalue weighted by Crippen LogP contribution is -2.06. The summed E-state index contributed by atoms with van der Waals surface area (Å²) in [6.07, 6.45) is 3.31. The highest BCUT2D eigenvalue weighted by Gasteiger charge is 2.05. The Morgan fingerprint density at radius 1 is 1.50 bits per heavy atom. The number of nitrogens with zero attached hydrogens (tertiary/aromatic N) is 6. The SMILES string of the molecule is Cn1cc(Cn2ncnc2CCl)nn1. The van der Waals surface area contributed by atoms with Crippen molar-refractivity contribution < 1.29 is 0 Å². The van der Waals surface area contributed by atoms with Crippen LogP contribution >= 0.6 is 11.6 Å². The highest BCUT2D eigenvalue weighted by atomic mass is 35.5. The molecule has 0 N–H and O–H groups in total. The summed E-state index contributed by atoms with van der Waals surface area (Å²) in [5, 5.41) is 11.8. The fraction of sp³-hybridized carbons (Fsp3) is 0.429. The summed E-state index contributed by atoms with van der Waals surface area (Å²) in [4.78, 5) is 4.00. The van der Waals surface area contributed by atoms with Crippen molar-refractivity contribution in [1.29, 1.82) is 0 Å². The van der Waals surface area contributed by atoms with Crippen LogP contribution < -0.4 is 0 Å². The molecule has 0 atom stereocenters. The van der Waals surface area contributed by atoms with Gasteiger partial charge in [0.2, 0.25) is 0 Å². The number of rotatable bonds is 3. The fourth-order valence-electron chi connectivity index (χ4n) is 1.14. The number of hydrogen-bond donors (Lipinski definition) is 0. The average Bonchev–Trinajstić information content (AvgIpc) is 2.76. The molecule has 2 aromatic heterocycles. The molecule has 74 valence electrons. The van der Waals surface area contributed by atoms with Gasteiger partial charge in [0.15, 0.2) is 0 Å². The second-order valence-electron chi connectivity index (χ2n) is 2.85. The van der Waals surface area contributed by atoms with E-state index < -0.39 is 0 Å². The van der Waals surface area contributed by atoms with Gasteiger partial charge in [0, 0.05) is 13.2 Å². The predicted molar refractivity (Wildman–Crippen MR) is 49.7 cm³/mol. The van der Waals surface area contributed by atoms with E-state index in [1.165, 1.54) is 6.33 Å². The van der Waals surface area contributed by atoms with Crippen molar-refractivity contribution in [3.8, 4) is 0 Å². The molecule has 0 aromatic carbocycles. The van der Waals surface area contributed by atoms with Crippen LogP contribution in [0.4, 0.5) is 0 Å². The van der Waals surface area contributed by atoms with Crippen molar-refractivity contribution in [1.82, 2.24) is 29.8 Å². The lowest BCUT2D eigenvalue weighted by Gasteiger charge is -1.99. The molecule has 0 aliphatic rings. The summed E-state index contributed by atoms with van der Waals surface area (Å²) in [5.41, 5.74) is 0.837. The van der Waals surface area contributed by atoms with Gasteiger partial charge in [-0.25, -0.2) is 9.67 Å². The quantitative estimate of drug-likeness (QED) is 0.682. The molecule has 0 aliphatic heterocycles. The van der Waals surface area contributed by atoms with Gasteiger partial charge in [0.25, 0.3) is 0 Å². The van der Waals surface area contributed by atoms with E-state index in [0.717, 1.165) is 11.5 Å². The monoisotopic (exact) mass is 212 g/mol. The van der Waals surface area contributed by atoms with Crippen molar-refractivity contribution in [3.05, 3.63) is 24.0 Å². The summed E-state index contributed by atoms with van der Waals surface area (Å²) >= 11 is 5.68. The molecule has 0 unspecified atom stereocenters. The molecule has 7 heteroatoms. The van der Waals surface area contributed by atoms with E-state index in [1.54, 1.807) is 9.36 Å². The highest BCUT2D eigenvalue weighted by molar-refractivity contribution is 6.16. The van der Waals surface area contributed by atoms with Gasteiger partial charge in [-0.3, -0.25) is 4.68 Å². The molecule has 0 fully saturated rings. The molecular formula is C7H9ClN6. The number of alkyl halides is 1. The lowest BCUT2D eigenvalue weighted by molar-refractivity contribution is 0.641. The number of aromatic nitrogens is 6. The maximum absolute atomic E-state index is 5.68. The number of halogens is 1.